The van der Waals surface area contributed by atoms with E-state index in [1.807, 2.05) is 0 Å². The highest BCUT2D eigenvalue weighted by Crippen LogP contribution is 2.34. The maximum Gasteiger partial charge on any atom is 0.0617 e. The van der Waals surface area contributed by atoms with Crippen LogP contribution in [0.5, 0.6) is 0 Å². The van der Waals surface area contributed by atoms with Crippen LogP contribution in [-0.4, -0.2) is 11.2 Å². The molecule has 0 saturated carbocycles. The second kappa shape index (κ2) is 2.61. The Hall–Kier alpha value is -0.340. The molecule has 0 bridgehead atoms. The third kappa shape index (κ3) is 1.10. The van der Waals surface area contributed by atoms with Crippen molar-refractivity contribution in [3.63, 3.8) is 0 Å². The minimum atomic E-state index is -0.110. The fraction of sp³-hybridized carbons (Fsp3) is 0.556. The summed E-state index contributed by atoms with van der Waals surface area (Å²) in [5, 5.41) is 11.7. The first-order chi connectivity index (χ1) is 5.29. The summed E-state index contributed by atoms with van der Waals surface area (Å²) in [4.78, 5) is 1.39. The highest BCUT2D eigenvalue weighted by Gasteiger charge is 2.24. The third-order valence-corrected chi connectivity index (χ3v) is 3.64. The Balaban J connectivity index is 2.38. The van der Waals surface area contributed by atoms with Crippen LogP contribution in [0.15, 0.2) is 11.4 Å². The number of aryl methyl sites for hydroxylation is 1. The maximum absolute atomic E-state index is 9.55. The van der Waals surface area contributed by atoms with Gasteiger partial charge in [0.05, 0.1) is 6.10 Å². The number of aliphatic hydroxyl groups is 1. The van der Waals surface area contributed by atoms with Gasteiger partial charge in [0.2, 0.25) is 0 Å². The van der Waals surface area contributed by atoms with Crippen molar-refractivity contribution >= 4 is 11.3 Å². The smallest absolute Gasteiger partial charge is 0.0617 e. The molecule has 1 heterocycles. The lowest BCUT2D eigenvalue weighted by atomic mass is 9.88. The number of fused-ring (bicyclic) bond motifs is 1. The highest BCUT2D eigenvalue weighted by molar-refractivity contribution is 7.10. The predicted octanol–water partition coefficient (Wildman–Crippen LogP) is 2.16. The Morgan fingerprint density at radius 2 is 2.45 bits per heavy atom. The molecule has 0 saturated heterocycles. The summed E-state index contributed by atoms with van der Waals surface area (Å²) < 4.78 is 0. The van der Waals surface area contributed by atoms with E-state index in [0.29, 0.717) is 5.92 Å². The first-order valence-corrected chi connectivity index (χ1v) is 4.91. The van der Waals surface area contributed by atoms with Crippen LogP contribution in [0.4, 0.5) is 0 Å². The Kier molecular flexibility index (Phi) is 1.74. The van der Waals surface area contributed by atoms with Crippen LogP contribution in [0, 0.1) is 0 Å². The van der Waals surface area contributed by atoms with Gasteiger partial charge in [-0.25, -0.2) is 0 Å². The average Bonchev–Trinajstić information content (AvgIpc) is 2.45. The zero-order valence-corrected chi connectivity index (χ0v) is 7.40. The van der Waals surface area contributed by atoms with E-state index in [1.165, 1.54) is 10.4 Å². The monoisotopic (exact) mass is 168 g/mol. The molecule has 2 heteroatoms. The molecule has 0 spiro atoms. The van der Waals surface area contributed by atoms with Crippen LogP contribution >= 0.6 is 11.3 Å². The molecular weight excluding hydrogens is 156 g/mol. The molecular formula is C9H12OS. The van der Waals surface area contributed by atoms with Crippen LogP contribution < -0.4 is 0 Å². The first kappa shape index (κ1) is 7.32. The molecule has 0 radical (unpaired) electrons. The second-order valence-electron chi connectivity index (χ2n) is 3.20. The van der Waals surface area contributed by atoms with Crippen molar-refractivity contribution < 1.29 is 5.11 Å². The molecule has 60 valence electrons. The van der Waals surface area contributed by atoms with Crippen LogP contribution in [0.25, 0.3) is 0 Å². The Labute approximate surface area is 70.7 Å². The van der Waals surface area contributed by atoms with E-state index in [-0.39, 0.29) is 6.10 Å². The average molecular weight is 168 g/mol. The largest absolute Gasteiger partial charge is 0.392 e. The lowest BCUT2D eigenvalue weighted by Gasteiger charge is -2.24. The highest BCUT2D eigenvalue weighted by atomic mass is 32.1. The molecule has 0 fully saturated rings. The van der Waals surface area contributed by atoms with E-state index >= 15 is 0 Å². The molecule has 0 aromatic carbocycles. The van der Waals surface area contributed by atoms with E-state index in [2.05, 4.69) is 18.4 Å². The summed E-state index contributed by atoms with van der Waals surface area (Å²) in [5.41, 5.74) is 1.45. The molecule has 0 amide bonds. The van der Waals surface area contributed by atoms with Crippen molar-refractivity contribution in [3.05, 3.63) is 21.9 Å². The molecule has 1 nitrogen and oxygen atoms in total. The van der Waals surface area contributed by atoms with Gasteiger partial charge in [0.1, 0.15) is 0 Å². The SMILES string of the molecule is C[C@H]1c2sccc2CC[C@H]1O. The van der Waals surface area contributed by atoms with E-state index in [1.54, 1.807) is 11.3 Å². The zero-order valence-electron chi connectivity index (χ0n) is 6.58. The molecule has 1 aromatic heterocycles. The van der Waals surface area contributed by atoms with Crippen molar-refractivity contribution in [2.75, 3.05) is 0 Å². The van der Waals surface area contributed by atoms with Crippen molar-refractivity contribution in [1.82, 2.24) is 0 Å². The second-order valence-corrected chi connectivity index (χ2v) is 4.15. The topological polar surface area (TPSA) is 20.2 Å². The summed E-state index contributed by atoms with van der Waals surface area (Å²) in [5.74, 6) is 0.360. The van der Waals surface area contributed by atoms with Crippen molar-refractivity contribution in [1.29, 1.82) is 0 Å². The zero-order chi connectivity index (χ0) is 7.84. The molecule has 0 aliphatic heterocycles. The Morgan fingerprint density at radius 3 is 3.27 bits per heavy atom. The number of hydrogen-bond donors (Lipinski definition) is 1. The van der Waals surface area contributed by atoms with E-state index in [9.17, 15) is 5.11 Å². The molecule has 1 aliphatic carbocycles. The van der Waals surface area contributed by atoms with Crippen LogP contribution in [0.3, 0.4) is 0 Å². The van der Waals surface area contributed by atoms with Gasteiger partial charge in [-0.3, -0.25) is 0 Å². The Morgan fingerprint density at radius 1 is 1.64 bits per heavy atom. The van der Waals surface area contributed by atoms with Gasteiger partial charge >= 0.3 is 0 Å². The first-order valence-electron chi connectivity index (χ1n) is 4.03. The summed E-state index contributed by atoms with van der Waals surface area (Å²) >= 11 is 1.78. The standard InChI is InChI=1S/C9H12OS/c1-6-8(10)3-2-7-4-5-11-9(6)7/h4-6,8,10H,2-3H2,1H3/t6-,8-/m1/s1. The van der Waals surface area contributed by atoms with E-state index in [4.69, 9.17) is 0 Å². The number of thiophene rings is 1. The third-order valence-electron chi connectivity index (χ3n) is 2.48. The van der Waals surface area contributed by atoms with Gasteiger partial charge in [-0.2, -0.15) is 0 Å². The molecule has 2 rings (SSSR count). The van der Waals surface area contributed by atoms with Gasteiger partial charge < -0.3 is 5.11 Å². The van der Waals surface area contributed by atoms with Gasteiger partial charge in [0.25, 0.3) is 0 Å². The van der Waals surface area contributed by atoms with Crippen LogP contribution in [0.2, 0.25) is 0 Å². The van der Waals surface area contributed by atoms with Gasteiger partial charge in [-0.15, -0.1) is 11.3 Å². The molecule has 1 aromatic rings. The minimum absolute atomic E-state index is 0.110. The molecule has 1 N–H and O–H groups in total. The van der Waals surface area contributed by atoms with Gasteiger partial charge in [0, 0.05) is 10.8 Å². The summed E-state index contributed by atoms with van der Waals surface area (Å²) in [6.45, 7) is 2.11. The lowest BCUT2D eigenvalue weighted by Crippen LogP contribution is -2.21. The normalized spacial score (nSPS) is 30.0. The molecule has 11 heavy (non-hydrogen) atoms. The molecule has 0 unspecified atom stereocenters. The van der Waals surface area contributed by atoms with Gasteiger partial charge in [0.15, 0.2) is 0 Å². The lowest BCUT2D eigenvalue weighted by molar-refractivity contribution is 0.134. The fourth-order valence-electron chi connectivity index (χ4n) is 1.68. The molecule has 2 atom stereocenters. The van der Waals surface area contributed by atoms with E-state index in [0.717, 1.165) is 12.8 Å². The van der Waals surface area contributed by atoms with Crippen LogP contribution in [-0.2, 0) is 6.42 Å². The predicted molar refractivity (Wildman–Crippen MR) is 47.1 cm³/mol. The van der Waals surface area contributed by atoms with Gasteiger partial charge in [-0.1, -0.05) is 6.92 Å². The number of rotatable bonds is 0. The Bertz CT molecular complexity index is 254. The minimum Gasteiger partial charge on any atom is -0.392 e. The number of aliphatic hydroxyl groups excluding tert-OH is 1. The summed E-state index contributed by atoms with van der Waals surface area (Å²) in [7, 11) is 0. The molecule has 1 aliphatic rings. The van der Waals surface area contributed by atoms with Crippen molar-refractivity contribution in [2.24, 2.45) is 0 Å². The van der Waals surface area contributed by atoms with E-state index < -0.39 is 0 Å². The fourth-order valence-corrected chi connectivity index (χ4v) is 2.75. The number of hydrogen-bond acceptors (Lipinski definition) is 2. The quantitative estimate of drug-likeness (QED) is 0.629. The van der Waals surface area contributed by atoms with Crippen LogP contribution in [0.1, 0.15) is 29.7 Å². The van der Waals surface area contributed by atoms with Crippen molar-refractivity contribution in [2.45, 2.75) is 31.8 Å². The van der Waals surface area contributed by atoms with Gasteiger partial charge in [-0.05, 0) is 29.9 Å². The maximum atomic E-state index is 9.55. The summed E-state index contributed by atoms with van der Waals surface area (Å²) in [6, 6.07) is 2.18. The van der Waals surface area contributed by atoms with Crippen molar-refractivity contribution in [3.8, 4) is 0 Å². The summed E-state index contributed by atoms with van der Waals surface area (Å²) in [6.07, 6.45) is 1.89.